The molecule has 0 aromatic rings. The van der Waals surface area contributed by atoms with E-state index in [4.69, 9.17) is 5.11 Å². The molecule has 0 bridgehead atoms. The van der Waals surface area contributed by atoms with Crippen LogP contribution in [-0.4, -0.2) is 40.8 Å². The summed E-state index contributed by atoms with van der Waals surface area (Å²) < 4.78 is 0. The molecule has 2 fully saturated rings. The van der Waals surface area contributed by atoms with Crippen molar-refractivity contribution in [1.29, 1.82) is 0 Å². The van der Waals surface area contributed by atoms with Crippen molar-refractivity contribution in [3.8, 4) is 0 Å². The predicted molar refractivity (Wildman–Crippen MR) is 67.2 cm³/mol. The molecule has 1 saturated carbocycles. The maximum absolute atomic E-state index is 10.9. The van der Waals surface area contributed by atoms with Crippen LogP contribution in [0.1, 0.15) is 46.5 Å². The Morgan fingerprint density at radius 1 is 1.29 bits per heavy atom. The van der Waals surface area contributed by atoms with Crippen LogP contribution in [0.5, 0.6) is 0 Å². The van der Waals surface area contributed by atoms with Gasteiger partial charge in [-0.3, -0.25) is 0 Å². The first-order chi connectivity index (χ1) is 7.82. The number of carbonyl (C=O) groups is 1. The highest BCUT2D eigenvalue weighted by molar-refractivity contribution is 5.65. The number of nitrogens with zero attached hydrogens (tertiary/aromatic N) is 1. The number of amides is 1. The lowest BCUT2D eigenvalue weighted by Crippen LogP contribution is -2.61. The van der Waals surface area contributed by atoms with Crippen LogP contribution in [0.2, 0.25) is 0 Å². The highest BCUT2D eigenvalue weighted by atomic mass is 16.4. The van der Waals surface area contributed by atoms with Crippen molar-refractivity contribution >= 4 is 6.09 Å². The highest BCUT2D eigenvalue weighted by Gasteiger charge is 2.49. The summed E-state index contributed by atoms with van der Waals surface area (Å²) in [7, 11) is 0. The van der Waals surface area contributed by atoms with Gasteiger partial charge in [0.05, 0.1) is 0 Å². The number of likely N-dealkylation sites (tertiary alicyclic amines) is 1. The molecule has 0 aromatic carbocycles. The molecule has 1 spiro atoms. The van der Waals surface area contributed by atoms with Crippen molar-refractivity contribution in [2.45, 2.75) is 58.0 Å². The first kappa shape index (κ1) is 12.7. The van der Waals surface area contributed by atoms with E-state index in [1.807, 2.05) is 0 Å². The van der Waals surface area contributed by atoms with E-state index in [0.29, 0.717) is 24.5 Å². The number of carboxylic acid groups (broad SMARTS) is 1. The van der Waals surface area contributed by atoms with Crippen LogP contribution < -0.4 is 5.32 Å². The fourth-order valence-corrected chi connectivity index (χ4v) is 3.19. The van der Waals surface area contributed by atoms with Crippen LogP contribution in [-0.2, 0) is 0 Å². The first-order valence-corrected chi connectivity index (χ1v) is 6.58. The summed E-state index contributed by atoms with van der Waals surface area (Å²) in [6.45, 7) is 8.01. The zero-order valence-electron chi connectivity index (χ0n) is 11.1. The third-order valence-electron chi connectivity index (χ3n) is 4.31. The minimum atomic E-state index is -0.764. The molecular weight excluding hydrogens is 216 g/mol. The first-order valence-electron chi connectivity index (χ1n) is 6.58. The standard InChI is InChI=1S/C13H24N2O2/c1-12(2,3)14-10-4-5-13(10)6-8-15(9-7-13)11(16)17/h10,14H,4-9H2,1-3H3,(H,16,17)/t10-/m1/s1. The molecule has 0 radical (unpaired) electrons. The zero-order chi connectivity index (χ0) is 12.7. The fourth-order valence-electron chi connectivity index (χ4n) is 3.19. The summed E-state index contributed by atoms with van der Waals surface area (Å²) in [4.78, 5) is 12.4. The normalized spacial score (nSPS) is 27.9. The molecular formula is C13H24N2O2. The van der Waals surface area contributed by atoms with Gasteiger partial charge >= 0.3 is 6.09 Å². The van der Waals surface area contributed by atoms with Gasteiger partial charge in [0.2, 0.25) is 0 Å². The van der Waals surface area contributed by atoms with E-state index < -0.39 is 6.09 Å². The van der Waals surface area contributed by atoms with Gasteiger partial charge in [-0.25, -0.2) is 4.79 Å². The Bertz CT molecular complexity index is 301. The van der Waals surface area contributed by atoms with Crippen molar-refractivity contribution in [3.63, 3.8) is 0 Å². The molecule has 1 saturated heterocycles. The van der Waals surface area contributed by atoms with Gasteiger partial charge in [-0.15, -0.1) is 0 Å². The van der Waals surface area contributed by atoms with Gasteiger partial charge in [-0.2, -0.15) is 0 Å². The molecule has 1 amide bonds. The van der Waals surface area contributed by atoms with Crippen molar-refractivity contribution < 1.29 is 9.90 Å². The van der Waals surface area contributed by atoms with Crippen LogP contribution >= 0.6 is 0 Å². The Kier molecular flexibility index (Phi) is 3.10. The molecule has 4 heteroatoms. The Labute approximate surface area is 103 Å². The van der Waals surface area contributed by atoms with E-state index in [1.54, 1.807) is 4.90 Å². The molecule has 17 heavy (non-hydrogen) atoms. The minimum absolute atomic E-state index is 0.155. The van der Waals surface area contributed by atoms with Gasteiger partial charge in [-0.1, -0.05) is 0 Å². The molecule has 1 atom stereocenters. The van der Waals surface area contributed by atoms with Crippen molar-refractivity contribution in [1.82, 2.24) is 10.2 Å². The van der Waals surface area contributed by atoms with Gasteiger partial charge < -0.3 is 15.3 Å². The average Bonchev–Trinajstić information content (AvgIpc) is 2.24. The summed E-state index contributed by atoms with van der Waals surface area (Å²) >= 11 is 0. The van der Waals surface area contributed by atoms with E-state index >= 15 is 0 Å². The van der Waals surface area contributed by atoms with Crippen molar-refractivity contribution in [3.05, 3.63) is 0 Å². The molecule has 2 rings (SSSR count). The quantitative estimate of drug-likeness (QED) is 0.739. The van der Waals surface area contributed by atoms with Crippen LogP contribution in [0.15, 0.2) is 0 Å². The summed E-state index contributed by atoms with van der Waals surface area (Å²) in [5, 5.41) is 12.7. The lowest BCUT2D eigenvalue weighted by Gasteiger charge is -2.55. The van der Waals surface area contributed by atoms with Crippen LogP contribution in [0.4, 0.5) is 4.79 Å². The van der Waals surface area contributed by atoms with E-state index in [9.17, 15) is 4.79 Å². The van der Waals surface area contributed by atoms with Gasteiger partial charge in [0.1, 0.15) is 0 Å². The highest BCUT2D eigenvalue weighted by Crippen LogP contribution is 2.49. The minimum Gasteiger partial charge on any atom is -0.465 e. The van der Waals surface area contributed by atoms with Crippen LogP contribution in [0.3, 0.4) is 0 Å². The SMILES string of the molecule is CC(C)(C)N[C@@H]1CCC12CCN(C(=O)O)CC2. The summed E-state index contributed by atoms with van der Waals surface area (Å²) in [6, 6.07) is 0.582. The molecule has 0 unspecified atom stereocenters. The Morgan fingerprint density at radius 2 is 1.88 bits per heavy atom. The Morgan fingerprint density at radius 3 is 2.24 bits per heavy atom. The molecule has 2 N–H and O–H groups in total. The monoisotopic (exact) mass is 240 g/mol. The third-order valence-corrected chi connectivity index (χ3v) is 4.31. The number of rotatable bonds is 1. The van der Waals surface area contributed by atoms with Crippen molar-refractivity contribution in [2.24, 2.45) is 5.41 Å². The molecule has 1 aliphatic carbocycles. The van der Waals surface area contributed by atoms with E-state index in [-0.39, 0.29) is 5.54 Å². The van der Waals surface area contributed by atoms with Crippen LogP contribution in [0.25, 0.3) is 0 Å². The predicted octanol–water partition coefficient (Wildman–Crippen LogP) is 2.30. The lowest BCUT2D eigenvalue weighted by molar-refractivity contribution is -0.0127. The molecule has 98 valence electrons. The number of piperidine rings is 1. The molecule has 4 nitrogen and oxygen atoms in total. The summed E-state index contributed by atoms with van der Waals surface area (Å²) in [5.41, 5.74) is 0.529. The maximum Gasteiger partial charge on any atom is 0.407 e. The number of hydrogen-bond acceptors (Lipinski definition) is 2. The molecule has 2 aliphatic rings. The number of hydrogen-bond donors (Lipinski definition) is 2. The zero-order valence-corrected chi connectivity index (χ0v) is 11.1. The Hall–Kier alpha value is -0.770. The second-order valence-corrected chi connectivity index (χ2v) is 6.62. The second kappa shape index (κ2) is 4.16. The van der Waals surface area contributed by atoms with Crippen molar-refractivity contribution in [2.75, 3.05) is 13.1 Å². The largest absolute Gasteiger partial charge is 0.465 e. The van der Waals surface area contributed by atoms with Gasteiger partial charge in [0, 0.05) is 24.7 Å². The fraction of sp³-hybridized carbons (Fsp3) is 0.923. The van der Waals surface area contributed by atoms with Gasteiger partial charge in [0.25, 0.3) is 0 Å². The lowest BCUT2D eigenvalue weighted by atomic mass is 9.59. The third kappa shape index (κ3) is 2.57. The number of nitrogens with one attached hydrogen (secondary N) is 1. The maximum atomic E-state index is 10.9. The second-order valence-electron chi connectivity index (χ2n) is 6.62. The average molecular weight is 240 g/mol. The molecule has 1 heterocycles. The smallest absolute Gasteiger partial charge is 0.407 e. The van der Waals surface area contributed by atoms with E-state index in [1.165, 1.54) is 12.8 Å². The Balaban J connectivity index is 1.92. The topological polar surface area (TPSA) is 52.6 Å². The summed E-state index contributed by atoms with van der Waals surface area (Å²) in [6.07, 6.45) is 3.78. The van der Waals surface area contributed by atoms with E-state index in [0.717, 1.165) is 12.8 Å². The molecule has 1 aliphatic heterocycles. The van der Waals surface area contributed by atoms with Gasteiger partial charge in [-0.05, 0) is 51.9 Å². The molecule has 0 aromatic heterocycles. The van der Waals surface area contributed by atoms with Gasteiger partial charge in [0.15, 0.2) is 0 Å². The van der Waals surface area contributed by atoms with E-state index in [2.05, 4.69) is 26.1 Å². The van der Waals surface area contributed by atoms with Crippen LogP contribution in [0, 0.1) is 5.41 Å². The summed E-state index contributed by atoms with van der Waals surface area (Å²) in [5.74, 6) is 0.